The maximum atomic E-state index is 13.4. The van der Waals surface area contributed by atoms with Gasteiger partial charge in [0.2, 0.25) is 0 Å². The van der Waals surface area contributed by atoms with Gasteiger partial charge in [-0.15, -0.1) is 5.11 Å². The van der Waals surface area contributed by atoms with Gasteiger partial charge in [-0.1, -0.05) is 5.22 Å². The number of phosphoric ester groups is 2. The van der Waals surface area contributed by atoms with E-state index in [4.69, 9.17) is 34.3 Å². The van der Waals surface area contributed by atoms with Crippen molar-refractivity contribution >= 4 is 38.4 Å². The summed E-state index contributed by atoms with van der Waals surface area (Å²) >= 11 is 0. The smallest absolute Gasteiger partial charge is 0.388 e. The third-order valence-electron chi connectivity index (χ3n) is 8.95. The summed E-state index contributed by atoms with van der Waals surface area (Å²) in [4.78, 5) is 34.0. The molecule has 24 heteroatoms. The summed E-state index contributed by atoms with van der Waals surface area (Å²) in [6.45, 7) is -1.27. The van der Waals surface area contributed by atoms with Crippen molar-refractivity contribution < 1.29 is 52.0 Å². The first-order chi connectivity index (χ1) is 21.4. The summed E-state index contributed by atoms with van der Waals surface area (Å²) < 4.78 is 56.9. The van der Waals surface area contributed by atoms with Gasteiger partial charge in [0, 0.05) is 5.41 Å². The van der Waals surface area contributed by atoms with Crippen LogP contribution in [0.15, 0.2) is 29.2 Å². The number of ether oxygens (including phenoxy) is 1. The molecule has 2 saturated heterocycles. The van der Waals surface area contributed by atoms with E-state index in [1.807, 2.05) is 0 Å². The highest BCUT2D eigenvalue weighted by Gasteiger charge is 2.74. The zero-order chi connectivity index (χ0) is 31.5. The summed E-state index contributed by atoms with van der Waals surface area (Å²) in [5, 5.41) is 34.4. The number of aliphatic hydroxyl groups excluding tert-OH is 2. The average Bonchev–Trinajstić information content (AvgIpc) is 3.28. The second-order valence-corrected chi connectivity index (χ2v) is 14.3. The molecule has 22 nitrogen and oxygen atoms in total. The van der Waals surface area contributed by atoms with Gasteiger partial charge in [0.25, 0.3) is 0 Å². The van der Waals surface area contributed by atoms with E-state index in [1.54, 1.807) is 4.57 Å². The van der Waals surface area contributed by atoms with Crippen molar-refractivity contribution in [3.63, 3.8) is 0 Å². The molecule has 1 spiro atoms. The van der Waals surface area contributed by atoms with Crippen LogP contribution in [-0.4, -0.2) is 93.0 Å². The third kappa shape index (κ3) is 4.56. The van der Waals surface area contributed by atoms with Crippen molar-refractivity contribution in [2.45, 2.75) is 55.4 Å². The van der Waals surface area contributed by atoms with E-state index in [-0.39, 0.29) is 23.6 Å². The monoisotopic (exact) mass is 671 g/mol. The first-order valence-corrected chi connectivity index (χ1v) is 16.6. The molecule has 2 saturated carbocycles. The topological polar surface area (TPSA) is 311 Å². The van der Waals surface area contributed by atoms with Crippen LogP contribution in [0.25, 0.3) is 11.2 Å². The lowest BCUT2D eigenvalue weighted by Crippen LogP contribution is -2.38. The summed E-state index contributed by atoms with van der Waals surface area (Å²) in [7, 11) is -9.96. The quantitative estimate of drug-likeness (QED) is 0.162. The zero-order valence-corrected chi connectivity index (χ0v) is 24.6. The van der Waals surface area contributed by atoms with Crippen LogP contribution in [0, 0.1) is 11.3 Å². The Morgan fingerprint density at radius 3 is 2.71 bits per heavy atom. The van der Waals surface area contributed by atoms with Crippen LogP contribution in [0.1, 0.15) is 30.4 Å². The van der Waals surface area contributed by atoms with Crippen molar-refractivity contribution in [3.8, 4) is 0 Å². The van der Waals surface area contributed by atoms with Gasteiger partial charge in [0.05, 0.1) is 37.3 Å². The normalized spacial score (nSPS) is 44.2. The maximum Gasteiger partial charge on any atom is 0.472 e. The number of nitrogens with one attached hydrogen (secondary N) is 1. The number of hydrogen-bond acceptors (Lipinski definition) is 18. The number of hydrogen-bond donors (Lipinski definition) is 7. The highest BCUT2D eigenvalue weighted by atomic mass is 31.2. The molecule has 12 atom stereocenters. The summed E-state index contributed by atoms with van der Waals surface area (Å²) in [6.07, 6.45) is -5.45. The van der Waals surface area contributed by atoms with Gasteiger partial charge >= 0.3 is 15.6 Å². The van der Waals surface area contributed by atoms with E-state index in [1.165, 1.54) is 18.9 Å². The number of imidazole rings is 1. The Bertz CT molecular complexity index is 1810. The van der Waals surface area contributed by atoms with E-state index < -0.39 is 89.1 Å². The number of phosphoric acid groups is 2. The number of aromatic nitrogens is 6. The van der Waals surface area contributed by atoms with Crippen molar-refractivity contribution in [2.24, 2.45) is 27.4 Å². The molecule has 8 rings (SSSR count). The van der Waals surface area contributed by atoms with E-state index in [2.05, 4.69) is 35.8 Å². The van der Waals surface area contributed by atoms with Crippen molar-refractivity contribution in [3.05, 3.63) is 24.4 Å². The Balaban J connectivity index is 1.13. The molecular weight excluding hydrogens is 644 g/mol. The van der Waals surface area contributed by atoms with E-state index in [0.717, 1.165) is 4.68 Å². The van der Waals surface area contributed by atoms with Crippen LogP contribution in [0.4, 0.5) is 11.6 Å². The van der Waals surface area contributed by atoms with Gasteiger partial charge < -0.3 is 40.8 Å². The fourth-order valence-electron chi connectivity index (χ4n) is 6.74. The molecule has 0 radical (unpaired) electrons. The van der Waals surface area contributed by atoms with Gasteiger partial charge in [-0.2, -0.15) is 5.10 Å². The fraction of sp³-hybridized carbons (Fsp3) is 0.619. The average molecular weight is 671 g/mol. The Labute approximate surface area is 251 Å². The second kappa shape index (κ2) is 10.0. The standard InChI is InChI=1S/C21H27N11O11P2/c22-16-7-2-27-32(18(7)29-30-28-16)20-14-12(33)9(41-20)3-39-44(35,36)43-15-13(34)11(8-1-21(8,15)4-40-45(37,38)42-14)31-6-26-10-17(23)24-5-25-19(10)31/h2,5-6,8-9,11-16,20,33-34H,1,3-4,22H2,(H,28,29)(H,35,36)(H,37,38)(H2,23,24,25)/t8-,9-,11-,12-,13+,14-,15+,16?,20-,21+/m1/s1. The Kier molecular flexibility index (Phi) is 6.54. The Hall–Kier alpha value is -2.98. The van der Waals surface area contributed by atoms with Crippen molar-refractivity contribution in [1.29, 1.82) is 0 Å². The van der Waals surface area contributed by atoms with Crippen LogP contribution >= 0.6 is 15.6 Å². The number of aliphatic hydroxyl groups is 2. The number of anilines is 1. The fourth-order valence-corrected chi connectivity index (χ4v) is 8.76. The lowest BCUT2D eigenvalue weighted by molar-refractivity contribution is -0.0710. The zero-order valence-electron chi connectivity index (χ0n) is 22.8. The Morgan fingerprint density at radius 2 is 1.89 bits per heavy atom. The molecular formula is C21H27N11O11P2. The molecule has 5 aliphatic rings. The molecule has 3 aromatic rings. The van der Waals surface area contributed by atoms with Crippen molar-refractivity contribution in [1.82, 2.24) is 34.7 Å². The molecule has 9 N–H and O–H groups in total. The second-order valence-electron chi connectivity index (χ2n) is 11.4. The Morgan fingerprint density at radius 1 is 1.09 bits per heavy atom. The van der Waals surface area contributed by atoms with Gasteiger partial charge in [-0.3, -0.25) is 23.5 Å². The van der Waals surface area contributed by atoms with E-state index >= 15 is 0 Å². The minimum atomic E-state index is -5.00. The number of nitrogen functional groups attached to an aromatic ring is 1. The summed E-state index contributed by atoms with van der Waals surface area (Å²) in [5.41, 5.74) is 14.2. The SMILES string of the molecule is Nc1ncnc2c1ncn2[C@H]1[C@H](O)[C@@H]2OP(=O)(O)OC[C@H]3O[C@@H](n4ncc5c4N=NNC5N)[C@H](OP(=O)(O)OC[C@]24C[C@H]14)[C@@H]3O. The number of nitrogens with zero attached hydrogens (tertiary/aromatic N) is 8. The molecule has 2 bridgehead atoms. The minimum Gasteiger partial charge on any atom is -0.388 e. The number of fused-ring (bicyclic) bond motifs is 4. The molecule has 3 unspecified atom stereocenters. The minimum absolute atomic E-state index is 0.112. The van der Waals surface area contributed by atoms with E-state index in [9.17, 15) is 29.1 Å². The molecule has 45 heavy (non-hydrogen) atoms. The summed E-state index contributed by atoms with van der Waals surface area (Å²) in [5.74, 6) is -0.263. The predicted octanol–water partition coefficient (Wildman–Crippen LogP) is -0.937. The molecule has 6 heterocycles. The molecule has 0 aromatic carbocycles. The number of nitrogens with two attached hydrogens (primary N) is 2. The molecule has 3 aromatic heterocycles. The first-order valence-electron chi connectivity index (χ1n) is 13.6. The van der Waals surface area contributed by atoms with Crippen molar-refractivity contribution in [2.75, 3.05) is 18.9 Å². The molecule has 0 amide bonds. The lowest BCUT2D eigenvalue weighted by atomic mass is 10.0. The highest BCUT2D eigenvalue weighted by Crippen LogP contribution is 2.72. The lowest BCUT2D eigenvalue weighted by Gasteiger charge is -2.30. The molecule has 242 valence electrons. The predicted molar refractivity (Wildman–Crippen MR) is 143 cm³/mol. The van der Waals surface area contributed by atoms with Crippen LogP contribution in [0.5, 0.6) is 0 Å². The van der Waals surface area contributed by atoms with Crippen LogP contribution < -0.4 is 16.9 Å². The number of rotatable bonds is 2. The summed E-state index contributed by atoms with van der Waals surface area (Å²) in [6, 6.07) is -0.809. The highest BCUT2D eigenvalue weighted by molar-refractivity contribution is 7.47. The largest absolute Gasteiger partial charge is 0.472 e. The maximum absolute atomic E-state index is 13.4. The molecule has 3 aliphatic heterocycles. The van der Waals surface area contributed by atoms with Crippen LogP contribution in [-0.2, 0) is 32.0 Å². The first kappa shape index (κ1) is 29.4. The third-order valence-corrected chi connectivity index (χ3v) is 10.9. The van der Waals surface area contributed by atoms with Gasteiger partial charge in [-0.25, -0.2) is 28.8 Å². The van der Waals surface area contributed by atoms with E-state index in [0.29, 0.717) is 11.2 Å². The van der Waals surface area contributed by atoms with Gasteiger partial charge in [0.15, 0.2) is 23.5 Å². The van der Waals surface area contributed by atoms with Crippen LogP contribution in [0.3, 0.4) is 0 Å². The van der Waals surface area contributed by atoms with Gasteiger partial charge in [0.1, 0.15) is 48.5 Å². The molecule has 4 fully saturated rings. The van der Waals surface area contributed by atoms with Gasteiger partial charge in [-0.05, 0) is 12.3 Å². The molecule has 2 aliphatic carbocycles. The van der Waals surface area contributed by atoms with Crippen LogP contribution in [0.2, 0.25) is 0 Å².